The van der Waals surface area contributed by atoms with Gasteiger partial charge in [-0.2, -0.15) is 0 Å². The second kappa shape index (κ2) is 6.85. The highest BCUT2D eigenvalue weighted by atomic mass is 32.2. The molecule has 1 saturated heterocycles. The predicted octanol–water partition coefficient (Wildman–Crippen LogP) is 2.95. The lowest BCUT2D eigenvalue weighted by Gasteiger charge is -2.13. The van der Waals surface area contributed by atoms with Crippen molar-refractivity contribution in [1.82, 2.24) is 0 Å². The molecule has 26 heavy (non-hydrogen) atoms. The molecule has 8 heteroatoms. The van der Waals surface area contributed by atoms with Crippen LogP contribution in [0.1, 0.15) is 16.8 Å². The van der Waals surface area contributed by atoms with Gasteiger partial charge in [-0.1, -0.05) is 12.1 Å². The van der Waals surface area contributed by atoms with Crippen LogP contribution in [0.15, 0.2) is 47.4 Å². The molecule has 2 aliphatic rings. The average molecular weight is 391 g/mol. The average Bonchev–Trinajstić information content (AvgIpc) is 3.20. The summed E-state index contributed by atoms with van der Waals surface area (Å²) in [5.41, 5.74) is 1.14. The van der Waals surface area contributed by atoms with Gasteiger partial charge in [0.1, 0.15) is 0 Å². The SMILES string of the molecule is O=C(Nc1ccc2c(c1)OCO2)c1ccccc1S[C@@H]1CCS(=O)(=O)C1. The Kier molecular flexibility index (Phi) is 4.54. The molecular formula is C18H17NO5S2. The van der Waals surface area contributed by atoms with Gasteiger partial charge in [-0.05, 0) is 30.7 Å². The molecule has 1 N–H and O–H groups in total. The summed E-state index contributed by atoms with van der Waals surface area (Å²) >= 11 is 1.45. The van der Waals surface area contributed by atoms with Crippen LogP contribution < -0.4 is 14.8 Å². The van der Waals surface area contributed by atoms with Gasteiger partial charge in [0, 0.05) is 21.9 Å². The monoisotopic (exact) mass is 391 g/mol. The Morgan fingerprint density at radius 2 is 1.92 bits per heavy atom. The molecule has 2 heterocycles. The van der Waals surface area contributed by atoms with Crippen LogP contribution in [0.3, 0.4) is 0 Å². The summed E-state index contributed by atoms with van der Waals surface area (Å²) < 4.78 is 33.9. The van der Waals surface area contributed by atoms with Crippen LogP contribution in [-0.4, -0.2) is 37.9 Å². The summed E-state index contributed by atoms with van der Waals surface area (Å²) in [6.45, 7) is 0.177. The minimum absolute atomic E-state index is 0.0144. The molecule has 0 unspecified atom stereocenters. The summed E-state index contributed by atoms with van der Waals surface area (Å²) in [5, 5.41) is 2.85. The summed E-state index contributed by atoms with van der Waals surface area (Å²) in [6, 6.07) is 12.5. The van der Waals surface area contributed by atoms with Gasteiger partial charge in [0.25, 0.3) is 5.91 Å². The lowest BCUT2D eigenvalue weighted by atomic mass is 10.2. The quantitative estimate of drug-likeness (QED) is 0.863. The van der Waals surface area contributed by atoms with E-state index in [1.165, 1.54) is 11.8 Å². The number of sulfone groups is 1. The minimum atomic E-state index is -2.95. The number of carbonyl (C=O) groups excluding carboxylic acids is 1. The van der Waals surface area contributed by atoms with Crippen LogP contribution in [0.5, 0.6) is 11.5 Å². The van der Waals surface area contributed by atoms with Crippen molar-refractivity contribution in [3.63, 3.8) is 0 Å². The van der Waals surface area contributed by atoms with E-state index >= 15 is 0 Å². The van der Waals surface area contributed by atoms with Crippen LogP contribution in [-0.2, 0) is 9.84 Å². The van der Waals surface area contributed by atoms with Crippen molar-refractivity contribution in [2.75, 3.05) is 23.6 Å². The van der Waals surface area contributed by atoms with Crippen LogP contribution in [0.2, 0.25) is 0 Å². The molecule has 0 bridgehead atoms. The molecule has 2 aliphatic heterocycles. The molecule has 0 spiro atoms. The van der Waals surface area contributed by atoms with Gasteiger partial charge in [-0.25, -0.2) is 8.42 Å². The predicted molar refractivity (Wildman–Crippen MR) is 99.9 cm³/mol. The number of fused-ring (bicyclic) bond motifs is 1. The topological polar surface area (TPSA) is 81.7 Å². The number of ether oxygens (including phenoxy) is 2. The number of carbonyl (C=O) groups is 1. The number of thioether (sulfide) groups is 1. The van der Waals surface area contributed by atoms with E-state index in [4.69, 9.17) is 9.47 Å². The van der Waals surface area contributed by atoms with Gasteiger partial charge in [0.15, 0.2) is 21.3 Å². The molecule has 1 fully saturated rings. The number of benzene rings is 2. The highest BCUT2D eigenvalue weighted by Crippen LogP contribution is 2.35. The molecule has 0 aliphatic carbocycles. The van der Waals surface area contributed by atoms with E-state index in [2.05, 4.69) is 5.32 Å². The zero-order valence-electron chi connectivity index (χ0n) is 13.8. The van der Waals surface area contributed by atoms with E-state index in [-0.39, 0.29) is 29.5 Å². The van der Waals surface area contributed by atoms with Crippen LogP contribution in [0.25, 0.3) is 0 Å². The summed E-state index contributed by atoms with van der Waals surface area (Å²) in [4.78, 5) is 13.5. The Morgan fingerprint density at radius 1 is 1.12 bits per heavy atom. The van der Waals surface area contributed by atoms with E-state index in [9.17, 15) is 13.2 Å². The largest absolute Gasteiger partial charge is 0.454 e. The maximum absolute atomic E-state index is 12.7. The molecule has 4 rings (SSSR count). The molecule has 2 aromatic carbocycles. The Morgan fingerprint density at radius 3 is 2.73 bits per heavy atom. The fourth-order valence-corrected chi connectivity index (χ4v) is 6.59. The number of nitrogens with one attached hydrogen (secondary N) is 1. The third-order valence-electron chi connectivity index (χ3n) is 4.25. The van der Waals surface area contributed by atoms with Gasteiger partial charge in [0.05, 0.1) is 17.1 Å². The van der Waals surface area contributed by atoms with E-state index in [1.807, 2.05) is 12.1 Å². The molecule has 1 atom stereocenters. The highest BCUT2D eigenvalue weighted by Gasteiger charge is 2.29. The first kappa shape index (κ1) is 17.2. The Balaban J connectivity index is 1.51. The van der Waals surface area contributed by atoms with Crippen molar-refractivity contribution in [3.05, 3.63) is 48.0 Å². The van der Waals surface area contributed by atoms with Gasteiger partial charge in [-0.3, -0.25) is 4.79 Å². The summed E-state index contributed by atoms with van der Waals surface area (Å²) in [7, 11) is -2.95. The lowest BCUT2D eigenvalue weighted by molar-refractivity contribution is 0.102. The van der Waals surface area contributed by atoms with E-state index < -0.39 is 9.84 Å². The van der Waals surface area contributed by atoms with Gasteiger partial charge in [0.2, 0.25) is 6.79 Å². The number of hydrogen-bond donors (Lipinski definition) is 1. The van der Waals surface area contributed by atoms with Crippen molar-refractivity contribution in [2.45, 2.75) is 16.6 Å². The van der Waals surface area contributed by atoms with Crippen LogP contribution in [0, 0.1) is 0 Å². The van der Waals surface area contributed by atoms with Crippen LogP contribution >= 0.6 is 11.8 Å². The zero-order valence-corrected chi connectivity index (χ0v) is 15.4. The zero-order chi connectivity index (χ0) is 18.1. The smallest absolute Gasteiger partial charge is 0.256 e. The van der Waals surface area contributed by atoms with E-state index in [0.29, 0.717) is 29.2 Å². The van der Waals surface area contributed by atoms with Crippen molar-refractivity contribution in [3.8, 4) is 11.5 Å². The number of amides is 1. The van der Waals surface area contributed by atoms with Crippen molar-refractivity contribution < 1.29 is 22.7 Å². The molecular weight excluding hydrogens is 374 g/mol. The van der Waals surface area contributed by atoms with Crippen molar-refractivity contribution in [1.29, 1.82) is 0 Å². The fourth-order valence-electron chi connectivity index (χ4n) is 2.96. The Labute approximate surface area is 155 Å². The third kappa shape index (κ3) is 3.66. The van der Waals surface area contributed by atoms with Crippen molar-refractivity contribution >= 4 is 33.2 Å². The summed E-state index contributed by atoms with van der Waals surface area (Å²) in [5.74, 6) is 1.39. The second-order valence-corrected chi connectivity index (χ2v) is 9.73. The molecule has 2 aromatic rings. The van der Waals surface area contributed by atoms with Crippen LogP contribution in [0.4, 0.5) is 5.69 Å². The fraction of sp³-hybridized carbons (Fsp3) is 0.278. The molecule has 0 saturated carbocycles. The van der Waals surface area contributed by atoms with Gasteiger partial charge >= 0.3 is 0 Å². The molecule has 1 amide bonds. The number of hydrogen-bond acceptors (Lipinski definition) is 6. The molecule has 0 radical (unpaired) electrons. The second-order valence-electron chi connectivity index (χ2n) is 6.16. The molecule has 136 valence electrons. The van der Waals surface area contributed by atoms with Gasteiger partial charge in [-0.15, -0.1) is 11.8 Å². The molecule has 6 nitrogen and oxygen atoms in total. The first-order valence-corrected chi connectivity index (χ1v) is 10.9. The maximum Gasteiger partial charge on any atom is 0.256 e. The Hall–Kier alpha value is -2.19. The standard InChI is InChI=1S/C18H17NO5S2/c20-18(19-12-5-6-15-16(9-12)24-11-23-15)14-3-1-2-4-17(14)25-13-7-8-26(21,22)10-13/h1-6,9,13H,7-8,10-11H2,(H,19,20)/t13-/m1/s1. The first-order valence-electron chi connectivity index (χ1n) is 8.17. The highest BCUT2D eigenvalue weighted by molar-refractivity contribution is 8.02. The normalized spacial score (nSPS) is 20.1. The maximum atomic E-state index is 12.7. The first-order chi connectivity index (χ1) is 12.5. The van der Waals surface area contributed by atoms with E-state index in [1.54, 1.807) is 30.3 Å². The number of anilines is 1. The summed E-state index contributed by atoms with van der Waals surface area (Å²) in [6.07, 6.45) is 0.616. The van der Waals surface area contributed by atoms with Crippen molar-refractivity contribution in [2.24, 2.45) is 0 Å². The Bertz CT molecular complexity index is 958. The number of rotatable bonds is 4. The van der Waals surface area contributed by atoms with Gasteiger partial charge < -0.3 is 14.8 Å². The lowest BCUT2D eigenvalue weighted by Crippen LogP contribution is -2.14. The van der Waals surface area contributed by atoms with E-state index in [0.717, 1.165) is 4.90 Å². The molecule has 0 aromatic heterocycles. The third-order valence-corrected chi connectivity index (χ3v) is 7.57. The minimum Gasteiger partial charge on any atom is -0.454 e.